The van der Waals surface area contributed by atoms with Crippen LogP contribution in [0.1, 0.15) is 316 Å². The van der Waals surface area contributed by atoms with Gasteiger partial charge in [0.05, 0.1) is 12.2 Å². The van der Waals surface area contributed by atoms with E-state index in [1.165, 1.54) is 25.7 Å². The molecule has 1 saturated heterocycles. The smallest absolute Gasteiger partial charge is 0.306 e. The molecule has 0 radical (unpaired) electrons. The second kappa shape index (κ2) is 41.0. The molecule has 5 atom stereocenters. The predicted octanol–water partition coefficient (Wildman–Crippen LogP) is 18.7. The van der Waals surface area contributed by atoms with E-state index in [1.807, 2.05) is 0 Å². The van der Waals surface area contributed by atoms with Gasteiger partial charge in [-0.2, -0.15) is 0 Å². The highest BCUT2D eigenvalue weighted by molar-refractivity contribution is 5.70. The van der Waals surface area contributed by atoms with Gasteiger partial charge in [0, 0.05) is 19.3 Å². The number of cyclic esters (lactones) is 1. The van der Waals surface area contributed by atoms with Crippen LogP contribution in [-0.4, -0.2) is 58.6 Å². The Balaban J connectivity index is 0. The van der Waals surface area contributed by atoms with Crippen LogP contribution in [0.5, 0.6) is 0 Å². The fourth-order valence-electron chi connectivity index (χ4n) is 9.56. The topological polar surface area (TPSA) is 119 Å². The van der Waals surface area contributed by atoms with E-state index in [0.29, 0.717) is 24.7 Å². The van der Waals surface area contributed by atoms with Crippen molar-refractivity contribution in [1.82, 2.24) is 0 Å². The molecule has 426 valence electrons. The van der Waals surface area contributed by atoms with E-state index >= 15 is 0 Å². The number of aliphatic hydroxyl groups is 2. The van der Waals surface area contributed by atoms with E-state index in [4.69, 9.17) is 14.2 Å². The van der Waals surface area contributed by atoms with E-state index in [0.717, 1.165) is 178 Å². The van der Waals surface area contributed by atoms with Crippen molar-refractivity contribution in [3.63, 3.8) is 0 Å². The summed E-state index contributed by atoms with van der Waals surface area (Å²) in [6, 6.07) is 0. The van der Waals surface area contributed by atoms with Crippen molar-refractivity contribution in [2.45, 2.75) is 346 Å². The maximum Gasteiger partial charge on any atom is 0.306 e. The Kier molecular flexibility index (Phi) is 41.0. The summed E-state index contributed by atoms with van der Waals surface area (Å²) in [5.41, 5.74) is 3.02. The Morgan fingerprint density at radius 3 is 1.57 bits per heavy atom. The Morgan fingerprint density at radius 1 is 0.569 bits per heavy atom. The summed E-state index contributed by atoms with van der Waals surface area (Å²) in [7, 11) is 0. The average Bonchev–Trinajstić information content (AvgIpc) is 3.53. The molecule has 2 N–H and O–H groups in total. The maximum atomic E-state index is 12.9. The monoisotopic (exact) mass is 1020 g/mol. The Morgan fingerprint density at radius 2 is 1.04 bits per heavy atom. The van der Waals surface area contributed by atoms with Crippen molar-refractivity contribution in [3.8, 4) is 0 Å². The first-order chi connectivity index (χ1) is 33.7. The summed E-state index contributed by atoms with van der Waals surface area (Å²) in [4.78, 5) is 36.4. The first-order valence-corrected chi connectivity index (χ1v) is 30.0. The number of carbonyl (C=O) groups excluding carboxylic acids is 3. The molecule has 72 heavy (non-hydrogen) atoms. The fraction of sp³-hybridized carbons (Fsp3) is 0.891. The summed E-state index contributed by atoms with van der Waals surface area (Å²) in [5.74, 6) is -0.276. The van der Waals surface area contributed by atoms with Gasteiger partial charge >= 0.3 is 17.9 Å². The van der Waals surface area contributed by atoms with Gasteiger partial charge in [0.1, 0.15) is 18.3 Å². The molecule has 0 saturated carbocycles. The number of hydrogen-bond acceptors (Lipinski definition) is 8. The standard InChI is InChI=1S/C37H70O5.C17H34O.C10H18O2/c1-10-14-20-31(38)21-16-18-24-34(39)41-32(22-15-11-2)23-17-19-25-35(40)42-33(26-28-36(6,7)13-4)30(5)29-37(8,9)27-12-3;1-8-11-17(6,7)13-14(3)15(18)10-12-16(4,5)9-2;1-2-3-6-9-7-4-5-8-10(11)12-9/h31-33,38H,5,10-29H2,1-4,6-9H3;15,18H,3,8-13H2,1-2,4-7H3;9H,2-8H2,1H3. The molecule has 1 aliphatic rings. The molecule has 0 aromatic rings. The zero-order valence-corrected chi connectivity index (χ0v) is 50.5. The zero-order valence-electron chi connectivity index (χ0n) is 50.5. The fourth-order valence-corrected chi connectivity index (χ4v) is 9.56. The van der Waals surface area contributed by atoms with Crippen molar-refractivity contribution < 1.29 is 38.8 Å². The lowest BCUT2D eigenvalue weighted by molar-refractivity contribution is -0.151. The summed E-state index contributed by atoms with van der Waals surface area (Å²) >= 11 is 0. The minimum Gasteiger partial charge on any atom is -0.462 e. The molecule has 8 heteroatoms. The van der Waals surface area contributed by atoms with Crippen molar-refractivity contribution in [2.24, 2.45) is 21.7 Å². The van der Waals surface area contributed by atoms with Gasteiger partial charge in [0.25, 0.3) is 0 Å². The van der Waals surface area contributed by atoms with Crippen LogP contribution >= 0.6 is 0 Å². The first kappa shape index (κ1) is 71.9. The highest BCUT2D eigenvalue weighted by Crippen LogP contribution is 2.36. The Bertz CT molecular complexity index is 1410. The SMILES string of the molecule is C=C(CC(C)(C)CCC)C(CCC(C)(C)CC)OC(=O)CCCCC(CCCC)OC(=O)CCCCC(O)CCCC.C=C(CC(C)(C)CCC)C(O)CCC(C)(C)CC.CCCCC1CCCCC(=O)O1. The van der Waals surface area contributed by atoms with Gasteiger partial charge in [-0.3, -0.25) is 14.4 Å². The summed E-state index contributed by atoms with van der Waals surface area (Å²) in [6.07, 6.45) is 30.5. The van der Waals surface area contributed by atoms with Gasteiger partial charge in [0.15, 0.2) is 0 Å². The van der Waals surface area contributed by atoms with Crippen LogP contribution < -0.4 is 0 Å². The summed E-state index contributed by atoms with van der Waals surface area (Å²) in [6.45, 7) is 41.9. The first-order valence-electron chi connectivity index (χ1n) is 30.0. The van der Waals surface area contributed by atoms with Gasteiger partial charge in [-0.1, -0.05) is 188 Å². The number of esters is 3. The van der Waals surface area contributed by atoms with Crippen LogP contribution in [0.2, 0.25) is 0 Å². The molecule has 1 fully saturated rings. The number of carbonyl (C=O) groups is 3. The molecule has 0 bridgehead atoms. The lowest BCUT2D eigenvalue weighted by atomic mass is 9.78. The molecular weight excluding hydrogens is 897 g/mol. The van der Waals surface area contributed by atoms with Crippen LogP contribution in [0.15, 0.2) is 24.3 Å². The number of aliphatic hydroxyl groups excluding tert-OH is 2. The van der Waals surface area contributed by atoms with Crippen molar-refractivity contribution in [3.05, 3.63) is 24.3 Å². The van der Waals surface area contributed by atoms with Crippen molar-refractivity contribution >= 4 is 17.9 Å². The summed E-state index contributed by atoms with van der Waals surface area (Å²) < 4.78 is 17.2. The number of rotatable bonds is 39. The van der Waals surface area contributed by atoms with Gasteiger partial charge < -0.3 is 24.4 Å². The minimum atomic E-state index is -0.327. The van der Waals surface area contributed by atoms with Crippen LogP contribution in [0, 0.1) is 21.7 Å². The molecule has 8 nitrogen and oxygen atoms in total. The molecule has 1 aliphatic heterocycles. The molecule has 5 unspecified atom stereocenters. The lowest BCUT2D eigenvalue weighted by Crippen LogP contribution is -2.26. The van der Waals surface area contributed by atoms with Crippen LogP contribution in [-0.2, 0) is 28.6 Å². The molecule has 0 aliphatic carbocycles. The number of hydrogen-bond donors (Lipinski definition) is 2. The summed E-state index contributed by atoms with van der Waals surface area (Å²) in [5, 5.41) is 20.2. The Labute approximate surface area is 447 Å². The molecular formula is C64H122O8. The van der Waals surface area contributed by atoms with Crippen LogP contribution in [0.25, 0.3) is 0 Å². The third-order valence-electron chi connectivity index (χ3n) is 15.3. The van der Waals surface area contributed by atoms with Crippen LogP contribution in [0.4, 0.5) is 0 Å². The molecule has 0 spiro atoms. The highest BCUT2D eigenvalue weighted by atomic mass is 16.6. The van der Waals surface area contributed by atoms with E-state index in [9.17, 15) is 24.6 Å². The second-order valence-corrected chi connectivity index (χ2v) is 25.1. The van der Waals surface area contributed by atoms with E-state index in [1.54, 1.807) is 0 Å². The molecule has 0 aromatic carbocycles. The largest absolute Gasteiger partial charge is 0.462 e. The normalized spacial score (nSPS) is 16.1. The number of unbranched alkanes of at least 4 members (excludes halogenated alkanes) is 5. The van der Waals surface area contributed by atoms with Gasteiger partial charge in [0.2, 0.25) is 0 Å². The van der Waals surface area contributed by atoms with Crippen molar-refractivity contribution in [1.29, 1.82) is 0 Å². The third-order valence-corrected chi connectivity index (χ3v) is 15.3. The molecule has 1 heterocycles. The predicted molar refractivity (Wildman–Crippen MR) is 307 cm³/mol. The Hall–Kier alpha value is -2.19. The van der Waals surface area contributed by atoms with Gasteiger partial charge in [-0.15, -0.1) is 0 Å². The maximum absolute atomic E-state index is 12.9. The average molecular weight is 1020 g/mol. The van der Waals surface area contributed by atoms with Gasteiger partial charge in [-0.05, 0) is 155 Å². The van der Waals surface area contributed by atoms with Crippen molar-refractivity contribution in [2.75, 3.05) is 0 Å². The zero-order chi connectivity index (χ0) is 55.2. The molecule has 0 aromatic heterocycles. The number of ether oxygens (including phenoxy) is 3. The van der Waals surface area contributed by atoms with Crippen LogP contribution in [0.3, 0.4) is 0 Å². The van der Waals surface area contributed by atoms with E-state index < -0.39 is 0 Å². The highest BCUT2D eigenvalue weighted by Gasteiger charge is 2.28. The van der Waals surface area contributed by atoms with E-state index in [2.05, 4.69) is 117 Å². The minimum absolute atomic E-state index is 0.00797. The lowest BCUT2D eigenvalue weighted by Gasteiger charge is -2.31. The van der Waals surface area contributed by atoms with Gasteiger partial charge in [-0.25, -0.2) is 0 Å². The van der Waals surface area contributed by atoms with E-state index in [-0.39, 0.29) is 64.7 Å². The molecule has 1 rings (SSSR count). The third kappa shape index (κ3) is 40.2. The second-order valence-electron chi connectivity index (χ2n) is 25.1. The molecule has 0 amide bonds. The quantitative estimate of drug-likeness (QED) is 0.0270.